The Morgan fingerprint density at radius 3 is 1.45 bits per heavy atom. The average Bonchev–Trinajstić information content (AvgIpc) is 2.79. The third-order valence-corrected chi connectivity index (χ3v) is 7.84. The molecule has 2 rings (SSSR count). The van der Waals surface area contributed by atoms with Crippen molar-refractivity contribution < 1.29 is 0 Å². The molecule has 0 amide bonds. The number of fused-ring (bicyclic) bond motifs is 1. The lowest BCUT2D eigenvalue weighted by atomic mass is 10.3. The van der Waals surface area contributed by atoms with Crippen LogP contribution in [0, 0.1) is 22.7 Å². The van der Waals surface area contributed by atoms with E-state index in [1.807, 2.05) is 0 Å². The van der Waals surface area contributed by atoms with Crippen LogP contribution in [0.25, 0.3) is 11.0 Å². The molecule has 0 bridgehead atoms. The number of nitrogens with zero attached hydrogens (tertiary/aromatic N) is 4. The molecular formula is C13H8Br4N4O. The lowest BCUT2D eigenvalue weighted by Gasteiger charge is -2.09. The number of hydrogen-bond donors (Lipinski definition) is 0. The molecule has 0 fully saturated rings. The standard InChI is InChI=1S/C13H8Br4N4O/c14-7-8(15)10(17)12-11(9(7)16)20(5-1-3-18)13(22)21(12)6-2-4-19/h1-2,5-6H2. The van der Waals surface area contributed by atoms with Crippen LogP contribution >= 0.6 is 63.7 Å². The third kappa shape index (κ3) is 2.92. The second-order valence-corrected chi connectivity index (χ2v) is 7.53. The minimum Gasteiger partial charge on any atom is -0.290 e. The summed E-state index contributed by atoms with van der Waals surface area (Å²) < 4.78 is 6.11. The fraction of sp³-hybridized carbons (Fsp3) is 0.308. The summed E-state index contributed by atoms with van der Waals surface area (Å²) >= 11 is 14.0. The lowest BCUT2D eigenvalue weighted by molar-refractivity contribution is 0.634. The number of nitriles is 2. The zero-order valence-electron chi connectivity index (χ0n) is 11.0. The van der Waals surface area contributed by atoms with Gasteiger partial charge in [-0.25, -0.2) is 4.79 Å². The van der Waals surface area contributed by atoms with Crippen LogP contribution in [0.15, 0.2) is 22.7 Å². The first-order chi connectivity index (χ1) is 10.5. The molecule has 0 radical (unpaired) electrons. The van der Waals surface area contributed by atoms with E-state index in [0.717, 1.165) is 17.9 Å². The lowest BCUT2D eigenvalue weighted by Crippen LogP contribution is -2.24. The Morgan fingerprint density at radius 2 is 1.14 bits per heavy atom. The number of aromatic nitrogens is 2. The van der Waals surface area contributed by atoms with Gasteiger partial charge in [0.05, 0.1) is 45.0 Å². The van der Waals surface area contributed by atoms with E-state index in [1.165, 1.54) is 0 Å². The molecule has 0 atom stereocenters. The molecule has 5 nitrogen and oxygen atoms in total. The van der Waals surface area contributed by atoms with Gasteiger partial charge in [0.1, 0.15) is 0 Å². The van der Waals surface area contributed by atoms with Crippen LogP contribution < -0.4 is 5.69 Å². The number of imidazole rings is 1. The minimum atomic E-state index is -0.230. The number of halogens is 4. The van der Waals surface area contributed by atoms with Gasteiger partial charge in [-0.3, -0.25) is 9.13 Å². The summed E-state index contributed by atoms with van der Waals surface area (Å²) in [5, 5.41) is 17.6. The van der Waals surface area contributed by atoms with Gasteiger partial charge in [0.25, 0.3) is 0 Å². The highest BCUT2D eigenvalue weighted by molar-refractivity contribution is 9.15. The summed E-state index contributed by atoms with van der Waals surface area (Å²) in [5.74, 6) is 0. The first-order valence-electron chi connectivity index (χ1n) is 6.14. The van der Waals surface area contributed by atoms with Crippen molar-refractivity contribution in [3.05, 3.63) is 28.4 Å². The molecule has 1 heterocycles. The third-order valence-electron chi connectivity index (χ3n) is 3.11. The second-order valence-electron chi connectivity index (χ2n) is 4.36. The van der Waals surface area contributed by atoms with Gasteiger partial charge in [0.2, 0.25) is 0 Å². The maximum atomic E-state index is 12.7. The maximum Gasteiger partial charge on any atom is 0.329 e. The maximum absolute atomic E-state index is 12.7. The van der Waals surface area contributed by atoms with E-state index < -0.39 is 0 Å². The zero-order valence-corrected chi connectivity index (χ0v) is 17.4. The van der Waals surface area contributed by atoms with E-state index in [-0.39, 0.29) is 18.5 Å². The quantitative estimate of drug-likeness (QED) is 0.406. The Bertz CT molecular complexity index is 815. The van der Waals surface area contributed by atoms with Crippen molar-refractivity contribution in [2.24, 2.45) is 0 Å². The van der Waals surface area contributed by atoms with Crippen molar-refractivity contribution in [3.63, 3.8) is 0 Å². The molecule has 114 valence electrons. The van der Waals surface area contributed by atoms with E-state index in [1.54, 1.807) is 9.13 Å². The van der Waals surface area contributed by atoms with Gasteiger partial charge in [-0.15, -0.1) is 0 Å². The molecule has 2 aromatic rings. The molecule has 0 aliphatic heterocycles. The van der Waals surface area contributed by atoms with Crippen molar-refractivity contribution in [2.75, 3.05) is 0 Å². The van der Waals surface area contributed by atoms with E-state index >= 15 is 0 Å². The smallest absolute Gasteiger partial charge is 0.290 e. The molecular weight excluding hydrogens is 548 g/mol. The number of rotatable bonds is 4. The molecule has 0 aliphatic rings. The van der Waals surface area contributed by atoms with Gasteiger partial charge in [-0.2, -0.15) is 10.5 Å². The summed E-state index contributed by atoms with van der Waals surface area (Å²) in [5.41, 5.74) is 1.16. The van der Waals surface area contributed by atoms with E-state index in [4.69, 9.17) is 10.5 Å². The molecule has 22 heavy (non-hydrogen) atoms. The van der Waals surface area contributed by atoms with E-state index in [9.17, 15) is 4.79 Å². The first kappa shape index (κ1) is 17.7. The van der Waals surface area contributed by atoms with Crippen LogP contribution in [0.4, 0.5) is 0 Å². The average molecular weight is 556 g/mol. The van der Waals surface area contributed by atoms with Crippen LogP contribution in [0.5, 0.6) is 0 Å². The Hall–Kier alpha value is -0.610. The summed E-state index contributed by atoms with van der Waals surface area (Å²) in [4.78, 5) is 12.7. The molecule has 0 saturated heterocycles. The molecule has 0 saturated carbocycles. The van der Waals surface area contributed by atoms with Gasteiger partial charge < -0.3 is 0 Å². The van der Waals surface area contributed by atoms with Crippen LogP contribution in [0.1, 0.15) is 12.8 Å². The Labute approximate surface area is 160 Å². The topological polar surface area (TPSA) is 74.5 Å². The molecule has 1 aromatic heterocycles. The van der Waals surface area contributed by atoms with E-state index in [0.29, 0.717) is 24.1 Å². The van der Waals surface area contributed by atoms with Gasteiger partial charge >= 0.3 is 5.69 Å². The van der Waals surface area contributed by atoms with Crippen LogP contribution in [-0.4, -0.2) is 9.13 Å². The van der Waals surface area contributed by atoms with E-state index in [2.05, 4.69) is 75.9 Å². The van der Waals surface area contributed by atoms with Gasteiger partial charge in [0, 0.05) is 22.0 Å². The predicted octanol–water partition coefficient (Wildman–Crippen LogP) is 4.68. The monoisotopic (exact) mass is 552 g/mol. The van der Waals surface area contributed by atoms with Crippen LogP contribution in [0.2, 0.25) is 0 Å². The Morgan fingerprint density at radius 1 is 0.773 bits per heavy atom. The molecule has 0 spiro atoms. The van der Waals surface area contributed by atoms with Crippen LogP contribution in [0.3, 0.4) is 0 Å². The fourth-order valence-electron chi connectivity index (χ4n) is 2.18. The highest BCUT2D eigenvalue weighted by atomic mass is 79.9. The van der Waals surface area contributed by atoms with Crippen molar-refractivity contribution in [3.8, 4) is 12.1 Å². The minimum absolute atomic E-state index is 0.230. The SMILES string of the molecule is N#CCCn1c(=O)n(CCC#N)c2c(Br)c(Br)c(Br)c(Br)c21. The predicted molar refractivity (Wildman–Crippen MR) is 97.5 cm³/mol. The summed E-state index contributed by atoms with van der Waals surface area (Å²) in [7, 11) is 0. The number of aryl methyl sites for hydroxylation is 2. The van der Waals surface area contributed by atoms with Crippen molar-refractivity contribution in [1.29, 1.82) is 10.5 Å². The van der Waals surface area contributed by atoms with Crippen molar-refractivity contribution >= 4 is 74.8 Å². The van der Waals surface area contributed by atoms with Gasteiger partial charge in [0.15, 0.2) is 0 Å². The first-order valence-corrected chi connectivity index (χ1v) is 9.31. The fourth-order valence-corrected chi connectivity index (χ4v) is 4.68. The van der Waals surface area contributed by atoms with Gasteiger partial charge in [-0.1, -0.05) is 0 Å². The molecule has 0 N–H and O–H groups in total. The zero-order chi connectivity index (χ0) is 16.4. The summed E-state index contributed by atoms with van der Waals surface area (Å²) in [6.45, 7) is 0.592. The van der Waals surface area contributed by atoms with Gasteiger partial charge in [-0.05, 0) is 63.7 Å². The molecule has 0 unspecified atom stereocenters. The number of hydrogen-bond acceptors (Lipinski definition) is 3. The summed E-state index contributed by atoms with van der Waals surface area (Å²) in [6, 6.07) is 4.10. The molecule has 0 aliphatic carbocycles. The summed E-state index contributed by atoms with van der Waals surface area (Å²) in [6.07, 6.45) is 0.462. The Kier molecular flexibility index (Phi) is 5.89. The molecule has 9 heteroatoms. The second kappa shape index (κ2) is 7.31. The van der Waals surface area contributed by atoms with Crippen LogP contribution in [-0.2, 0) is 13.1 Å². The normalized spacial score (nSPS) is 10.6. The molecule has 1 aromatic carbocycles. The Balaban J connectivity index is 2.91. The highest BCUT2D eigenvalue weighted by Gasteiger charge is 2.22. The number of benzene rings is 1. The largest absolute Gasteiger partial charge is 0.329 e. The highest BCUT2D eigenvalue weighted by Crippen LogP contribution is 2.43. The van der Waals surface area contributed by atoms with Crippen molar-refractivity contribution in [2.45, 2.75) is 25.9 Å². The van der Waals surface area contributed by atoms with Crippen molar-refractivity contribution in [1.82, 2.24) is 9.13 Å².